The molecule has 1 saturated heterocycles. The molecule has 1 unspecified atom stereocenters. The fourth-order valence-corrected chi connectivity index (χ4v) is 2.80. The van der Waals surface area contributed by atoms with E-state index in [9.17, 15) is 14.0 Å². The molecular formula is C19H19FN2O2. The van der Waals surface area contributed by atoms with Gasteiger partial charge in [0.15, 0.2) is 0 Å². The Labute approximate surface area is 140 Å². The SMILES string of the molecule is Cc1ccc(N2C(=O)CC(NCCc3ccc(F)cc3)C2=O)cc1. The van der Waals surface area contributed by atoms with Crippen molar-refractivity contribution in [3.8, 4) is 0 Å². The van der Waals surface area contributed by atoms with Gasteiger partial charge in [-0.25, -0.2) is 9.29 Å². The zero-order valence-electron chi connectivity index (χ0n) is 13.5. The van der Waals surface area contributed by atoms with Crippen LogP contribution in [0.25, 0.3) is 0 Å². The summed E-state index contributed by atoms with van der Waals surface area (Å²) < 4.78 is 12.9. The minimum absolute atomic E-state index is 0.163. The summed E-state index contributed by atoms with van der Waals surface area (Å²) in [5.41, 5.74) is 2.67. The Morgan fingerprint density at radius 1 is 1.08 bits per heavy atom. The molecule has 3 rings (SSSR count). The fraction of sp³-hybridized carbons (Fsp3) is 0.263. The van der Waals surface area contributed by atoms with Crippen molar-refractivity contribution in [3.63, 3.8) is 0 Å². The van der Waals surface area contributed by atoms with Gasteiger partial charge in [-0.1, -0.05) is 29.8 Å². The number of carbonyl (C=O) groups excluding carboxylic acids is 2. The highest BCUT2D eigenvalue weighted by atomic mass is 19.1. The molecule has 0 aliphatic carbocycles. The molecule has 1 aliphatic rings. The zero-order chi connectivity index (χ0) is 17.1. The van der Waals surface area contributed by atoms with Gasteiger partial charge in [-0.15, -0.1) is 0 Å². The first-order valence-corrected chi connectivity index (χ1v) is 7.96. The minimum Gasteiger partial charge on any atom is -0.305 e. The molecule has 0 spiro atoms. The Balaban J connectivity index is 1.59. The van der Waals surface area contributed by atoms with E-state index in [1.54, 1.807) is 24.3 Å². The Bertz CT molecular complexity index is 741. The van der Waals surface area contributed by atoms with E-state index in [2.05, 4.69) is 5.32 Å². The molecule has 1 heterocycles. The highest BCUT2D eigenvalue weighted by molar-refractivity contribution is 6.22. The van der Waals surface area contributed by atoms with E-state index in [0.717, 1.165) is 11.1 Å². The predicted octanol–water partition coefficient (Wildman–Crippen LogP) is 2.60. The largest absolute Gasteiger partial charge is 0.305 e. The summed E-state index contributed by atoms with van der Waals surface area (Å²) in [6.45, 7) is 2.51. The first-order valence-electron chi connectivity index (χ1n) is 7.96. The average molecular weight is 326 g/mol. The van der Waals surface area contributed by atoms with Gasteiger partial charge in [-0.2, -0.15) is 0 Å². The number of amides is 2. The van der Waals surface area contributed by atoms with Crippen LogP contribution in [-0.4, -0.2) is 24.4 Å². The molecule has 0 saturated carbocycles. The number of benzene rings is 2. The second-order valence-corrected chi connectivity index (χ2v) is 5.99. The number of nitrogens with one attached hydrogen (secondary N) is 1. The van der Waals surface area contributed by atoms with Gasteiger partial charge in [0, 0.05) is 0 Å². The maximum atomic E-state index is 12.9. The van der Waals surface area contributed by atoms with Crippen molar-refractivity contribution < 1.29 is 14.0 Å². The van der Waals surface area contributed by atoms with Crippen LogP contribution in [0.4, 0.5) is 10.1 Å². The number of anilines is 1. The summed E-state index contributed by atoms with van der Waals surface area (Å²) in [6, 6.07) is 13.1. The van der Waals surface area contributed by atoms with Gasteiger partial charge in [0.1, 0.15) is 5.82 Å². The van der Waals surface area contributed by atoms with Crippen molar-refractivity contribution in [1.29, 1.82) is 0 Å². The van der Waals surface area contributed by atoms with Crippen molar-refractivity contribution >= 4 is 17.5 Å². The fourth-order valence-electron chi connectivity index (χ4n) is 2.80. The van der Waals surface area contributed by atoms with Crippen LogP contribution in [0.3, 0.4) is 0 Å². The molecule has 1 aliphatic heterocycles. The summed E-state index contributed by atoms with van der Waals surface area (Å²) in [7, 11) is 0. The second kappa shape index (κ2) is 6.93. The van der Waals surface area contributed by atoms with E-state index in [1.807, 2.05) is 19.1 Å². The smallest absolute Gasteiger partial charge is 0.251 e. The number of halogens is 1. The second-order valence-electron chi connectivity index (χ2n) is 5.99. The van der Waals surface area contributed by atoms with Crippen LogP contribution in [-0.2, 0) is 16.0 Å². The van der Waals surface area contributed by atoms with Gasteiger partial charge in [0.2, 0.25) is 5.91 Å². The number of hydrogen-bond donors (Lipinski definition) is 1. The minimum atomic E-state index is -0.501. The number of imide groups is 1. The molecule has 0 aromatic heterocycles. The average Bonchev–Trinajstić information content (AvgIpc) is 2.85. The van der Waals surface area contributed by atoms with E-state index in [0.29, 0.717) is 18.7 Å². The first-order chi connectivity index (χ1) is 11.5. The Hall–Kier alpha value is -2.53. The number of hydrogen-bond acceptors (Lipinski definition) is 3. The lowest BCUT2D eigenvalue weighted by atomic mass is 10.1. The predicted molar refractivity (Wildman–Crippen MR) is 90.2 cm³/mol. The monoisotopic (exact) mass is 326 g/mol. The molecule has 124 valence electrons. The molecule has 1 fully saturated rings. The third kappa shape index (κ3) is 3.51. The van der Waals surface area contributed by atoms with Crippen LogP contribution in [0.1, 0.15) is 17.5 Å². The maximum absolute atomic E-state index is 12.9. The lowest BCUT2D eigenvalue weighted by Gasteiger charge is -2.15. The normalized spacial score (nSPS) is 17.6. The summed E-state index contributed by atoms with van der Waals surface area (Å²) >= 11 is 0. The van der Waals surface area contributed by atoms with Gasteiger partial charge >= 0.3 is 0 Å². The van der Waals surface area contributed by atoms with Crippen molar-refractivity contribution in [2.75, 3.05) is 11.4 Å². The van der Waals surface area contributed by atoms with Crippen molar-refractivity contribution in [3.05, 3.63) is 65.5 Å². The van der Waals surface area contributed by atoms with E-state index < -0.39 is 6.04 Å². The summed E-state index contributed by atoms with van der Waals surface area (Å²) in [5, 5.41) is 3.13. The Kier molecular flexibility index (Phi) is 4.71. The lowest BCUT2D eigenvalue weighted by molar-refractivity contribution is -0.121. The third-order valence-electron chi connectivity index (χ3n) is 4.16. The lowest BCUT2D eigenvalue weighted by Crippen LogP contribution is -2.39. The summed E-state index contributed by atoms with van der Waals surface area (Å²) in [6.07, 6.45) is 0.832. The van der Waals surface area contributed by atoms with Crippen LogP contribution < -0.4 is 10.2 Å². The van der Waals surface area contributed by atoms with Crippen LogP contribution in [0.2, 0.25) is 0 Å². The number of aryl methyl sites for hydroxylation is 1. The van der Waals surface area contributed by atoms with Gasteiger partial charge in [0.25, 0.3) is 5.91 Å². The maximum Gasteiger partial charge on any atom is 0.251 e. The van der Waals surface area contributed by atoms with Crippen LogP contribution >= 0.6 is 0 Å². The van der Waals surface area contributed by atoms with Gasteiger partial charge in [-0.05, 0) is 49.7 Å². The molecule has 24 heavy (non-hydrogen) atoms. The Morgan fingerprint density at radius 3 is 2.42 bits per heavy atom. The quantitative estimate of drug-likeness (QED) is 0.859. The number of carbonyl (C=O) groups is 2. The van der Waals surface area contributed by atoms with Crippen molar-refractivity contribution in [2.24, 2.45) is 0 Å². The molecule has 0 bridgehead atoms. The molecule has 2 amide bonds. The number of rotatable bonds is 5. The van der Waals surface area contributed by atoms with Crippen LogP contribution in [0.5, 0.6) is 0 Å². The highest BCUT2D eigenvalue weighted by Gasteiger charge is 2.38. The Morgan fingerprint density at radius 2 is 1.75 bits per heavy atom. The van der Waals surface area contributed by atoms with Gasteiger partial charge in [-0.3, -0.25) is 9.59 Å². The van der Waals surface area contributed by atoms with Gasteiger partial charge in [0.05, 0.1) is 18.2 Å². The van der Waals surface area contributed by atoms with Crippen LogP contribution in [0, 0.1) is 12.7 Å². The standard InChI is InChI=1S/C19H19FN2O2/c1-13-2-8-16(9-3-13)22-18(23)12-17(19(22)24)21-11-10-14-4-6-15(20)7-5-14/h2-9,17,21H,10-12H2,1H3. The molecule has 0 radical (unpaired) electrons. The summed E-state index contributed by atoms with van der Waals surface area (Å²) in [4.78, 5) is 25.9. The molecule has 2 aromatic rings. The summed E-state index contributed by atoms with van der Waals surface area (Å²) in [5.74, 6) is -0.678. The molecule has 4 nitrogen and oxygen atoms in total. The molecule has 1 atom stereocenters. The van der Waals surface area contributed by atoms with E-state index >= 15 is 0 Å². The highest BCUT2D eigenvalue weighted by Crippen LogP contribution is 2.23. The third-order valence-corrected chi connectivity index (χ3v) is 4.16. The molecule has 1 N–H and O–H groups in total. The number of nitrogens with zero attached hydrogens (tertiary/aromatic N) is 1. The van der Waals surface area contributed by atoms with E-state index in [4.69, 9.17) is 0 Å². The zero-order valence-corrected chi connectivity index (χ0v) is 13.5. The van der Waals surface area contributed by atoms with Gasteiger partial charge < -0.3 is 5.32 Å². The molecular weight excluding hydrogens is 307 g/mol. The first kappa shape index (κ1) is 16.3. The van der Waals surface area contributed by atoms with Crippen molar-refractivity contribution in [2.45, 2.75) is 25.8 Å². The molecule has 2 aromatic carbocycles. The van der Waals surface area contributed by atoms with E-state index in [1.165, 1.54) is 17.0 Å². The van der Waals surface area contributed by atoms with Crippen LogP contribution in [0.15, 0.2) is 48.5 Å². The topological polar surface area (TPSA) is 49.4 Å². The van der Waals surface area contributed by atoms with Crippen molar-refractivity contribution in [1.82, 2.24) is 5.32 Å². The molecule has 5 heteroatoms. The van der Waals surface area contributed by atoms with E-state index in [-0.39, 0.29) is 24.1 Å².